The average Bonchev–Trinajstić information content (AvgIpc) is 2.91. The van der Waals surface area contributed by atoms with E-state index in [9.17, 15) is 14.5 Å². The molecule has 0 spiro atoms. The number of aliphatic imine (C=N–C) groups is 1. The Bertz CT molecular complexity index is 727. The molecule has 3 aliphatic heterocycles. The van der Waals surface area contributed by atoms with E-state index in [1.165, 1.54) is 17.9 Å². The van der Waals surface area contributed by atoms with Crippen molar-refractivity contribution in [3.8, 4) is 0 Å². The number of nitrogens with one attached hydrogen (secondary N) is 1. The van der Waals surface area contributed by atoms with E-state index in [-0.39, 0.29) is 24.9 Å². The predicted molar refractivity (Wildman–Crippen MR) is 94.1 cm³/mol. The molecule has 150 valence electrons. The van der Waals surface area contributed by atoms with E-state index < -0.39 is 44.3 Å². The van der Waals surface area contributed by atoms with Gasteiger partial charge < -0.3 is 25.2 Å². The van der Waals surface area contributed by atoms with Crippen molar-refractivity contribution in [3.05, 3.63) is 24.7 Å². The lowest BCUT2D eigenvalue weighted by atomic mass is 10.1. The zero-order chi connectivity index (χ0) is 19.8. The third kappa shape index (κ3) is 4.08. The number of nitrogens with two attached hydrogens (primary N) is 1. The lowest BCUT2D eigenvalue weighted by Crippen LogP contribution is -2.45. The second-order valence-corrected chi connectivity index (χ2v) is 7.92. The van der Waals surface area contributed by atoms with Gasteiger partial charge in [0.2, 0.25) is 0 Å². The van der Waals surface area contributed by atoms with Gasteiger partial charge in [0.05, 0.1) is 13.2 Å². The number of rotatable bonds is 5. The van der Waals surface area contributed by atoms with Crippen molar-refractivity contribution in [2.45, 2.75) is 44.4 Å². The van der Waals surface area contributed by atoms with E-state index in [0.29, 0.717) is 0 Å². The minimum absolute atomic E-state index is 0.0898. The number of hydrogen-bond donors (Lipinski definition) is 3. The number of esters is 1. The van der Waals surface area contributed by atoms with Gasteiger partial charge in [-0.15, -0.1) is 0 Å². The van der Waals surface area contributed by atoms with E-state index in [2.05, 4.69) is 16.7 Å². The minimum atomic E-state index is -3.84. The fourth-order valence-corrected chi connectivity index (χ4v) is 4.62. The van der Waals surface area contributed by atoms with Crippen molar-refractivity contribution in [2.75, 3.05) is 13.2 Å². The summed E-state index contributed by atoms with van der Waals surface area (Å²) in [6.07, 6.45) is -0.493. The summed E-state index contributed by atoms with van der Waals surface area (Å²) in [5.41, 5.74) is 5.61. The Kier molecular flexibility index (Phi) is 5.71. The molecule has 2 fully saturated rings. The molecule has 0 aliphatic carbocycles. The standard InChI is InChI=1S/C15H23N4O7P/c1-4-23-15(21)8(2)18-27(22)24-7-10-13(26-27)12(20)14(25-10)19-6-5-11(16)17-9(19)3/h5-6,8,10,12-14,20H,3-4,7H2,1-2H3,(H2,16,17)(H,18,22)/t8-,10?,12-,13+,14+,27?/m0/s1. The lowest BCUT2D eigenvalue weighted by Gasteiger charge is -2.33. The number of aliphatic hydroxyl groups excluding tert-OH is 1. The van der Waals surface area contributed by atoms with Gasteiger partial charge in [-0.05, 0) is 19.9 Å². The monoisotopic (exact) mass is 402 g/mol. The molecule has 4 N–H and O–H groups in total. The Labute approximate surface area is 156 Å². The summed E-state index contributed by atoms with van der Waals surface area (Å²) < 4.78 is 34.2. The van der Waals surface area contributed by atoms with Gasteiger partial charge in [-0.25, -0.2) is 14.6 Å². The maximum Gasteiger partial charge on any atom is 0.406 e. The highest BCUT2D eigenvalue weighted by molar-refractivity contribution is 7.51. The number of nitrogens with zero attached hydrogens (tertiary/aromatic N) is 2. The van der Waals surface area contributed by atoms with E-state index in [4.69, 9.17) is 24.3 Å². The maximum absolute atomic E-state index is 12.8. The summed E-state index contributed by atoms with van der Waals surface area (Å²) >= 11 is 0. The summed E-state index contributed by atoms with van der Waals surface area (Å²) in [4.78, 5) is 17.3. The van der Waals surface area contributed by atoms with Gasteiger partial charge in [0.25, 0.3) is 0 Å². The Morgan fingerprint density at radius 2 is 2.41 bits per heavy atom. The molecule has 27 heavy (non-hydrogen) atoms. The van der Waals surface area contributed by atoms with Gasteiger partial charge in [0.1, 0.15) is 36.0 Å². The number of carbonyl (C=O) groups excluding carboxylic acids is 1. The summed E-state index contributed by atoms with van der Waals surface area (Å²) in [5.74, 6) is -0.0217. The van der Waals surface area contributed by atoms with E-state index in [1.807, 2.05) is 0 Å². The second-order valence-electron chi connectivity index (χ2n) is 6.20. The molecule has 2 saturated heterocycles. The fraction of sp³-hybridized carbons (Fsp3) is 0.600. The highest BCUT2D eigenvalue weighted by Gasteiger charge is 2.54. The lowest BCUT2D eigenvalue weighted by molar-refractivity contribution is -0.145. The van der Waals surface area contributed by atoms with Crippen LogP contribution in [0.4, 0.5) is 0 Å². The summed E-state index contributed by atoms with van der Waals surface area (Å²) in [6, 6.07) is -0.912. The number of carbonyl (C=O) groups is 1. The molecule has 0 radical (unpaired) electrons. The topological polar surface area (TPSA) is 145 Å². The zero-order valence-corrected chi connectivity index (χ0v) is 15.9. The molecule has 0 aromatic heterocycles. The first-order chi connectivity index (χ1) is 12.7. The van der Waals surface area contributed by atoms with E-state index >= 15 is 0 Å². The van der Waals surface area contributed by atoms with Crippen LogP contribution >= 0.6 is 7.75 Å². The molecule has 3 heterocycles. The van der Waals surface area contributed by atoms with E-state index in [0.717, 1.165) is 0 Å². The van der Waals surface area contributed by atoms with Crippen LogP contribution in [0, 0.1) is 0 Å². The van der Waals surface area contributed by atoms with Gasteiger partial charge in [-0.2, -0.15) is 0 Å². The number of hydrogen-bond acceptors (Lipinski definition) is 10. The summed E-state index contributed by atoms with van der Waals surface area (Å²) in [6.45, 7) is 7.02. The molecule has 0 amide bonds. The van der Waals surface area contributed by atoms with Gasteiger partial charge in [-0.1, -0.05) is 6.58 Å². The van der Waals surface area contributed by atoms with Crippen LogP contribution in [0.15, 0.2) is 29.7 Å². The summed E-state index contributed by atoms with van der Waals surface area (Å²) in [5, 5.41) is 13.1. The molecular weight excluding hydrogens is 379 g/mol. The first kappa shape index (κ1) is 20.0. The van der Waals surface area contributed by atoms with Crippen molar-refractivity contribution in [2.24, 2.45) is 10.7 Å². The first-order valence-corrected chi connectivity index (χ1v) is 9.99. The van der Waals surface area contributed by atoms with Crippen molar-refractivity contribution in [3.63, 3.8) is 0 Å². The van der Waals surface area contributed by atoms with Gasteiger partial charge in [0.15, 0.2) is 6.23 Å². The van der Waals surface area contributed by atoms with Crippen LogP contribution in [0.3, 0.4) is 0 Å². The normalized spacial score (nSPS) is 36.9. The van der Waals surface area contributed by atoms with Gasteiger partial charge >= 0.3 is 13.7 Å². The molecule has 0 bridgehead atoms. The van der Waals surface area contributed by atoms with Crippen LogP contribution in [-0.2, 0) is 27.9 Å². The van der Waals surface area contributed by atoms with Crippen molar-refractivity contribution >= 4 is 19.6 Å². The quantitative estimate of drug-likeness (QED) is 0.417. The molecule has 0 aromatic carbocycles. The molecule has 0 aromatic rings. The fourth-order valence-electron chi connectivity index (χ4n) is 2.92. The van der Waals surface area contributed by atoms with Crippen LogP contribution in [-0.4, -0.2) is 65.6 Å². The van der Waals surface area contributed by atoms with Gasteiger partial charge in [-0.3, -0.25) is 13.8 Å². The van der Waals surface area contributed by atoms with Crippen LogP contribution in [0.5, 0.6) is 0 Å². The molecule has 2 unspecified atom stereocenters. The largest absolute Gasteiger partial charge is 0.465 e. The summed E-state index contributed by atoms with van der Waals surface area (Å²) in [7, 11) is -3.84. The van der Waals surface area contributed by atoms with Crippen LogP contribution in [0.1, 0.15) is 13.8 Å². The number of aliphatic hydroxyl groups is 1. The molecule has 6 atom stereocenters. The van der Waals surface area contributed by atoms with Crippen LogP contribution in [0.2, 0.25) is 0 Å². The Balaban J connectivity index is 1.67. The molecule has 3 aliphatic rings. The molecule has 12 heteroatoms. The Morgan fingerprint density at radius 1 is 1.67 bits per heavy atom. The minimum Gasteiger partial charge on any atom is -0.465 e. The second kappa shape index (κ2) is 7.70. The highest BCUT2D eigenvalue weighted by atomic mass is 31.2. The highest BCUT2D eigenvalue weighted by Crippen LogP contribution is 2.52. The third-order valence-electron chi connectivity index (χ3n) is 4.21. The Hall–Kier alpha value is -1.75. The van der Waals surface area contributed by atoms with Gasteiger partial charge in [0, 0.05) is 6.20 Å². The third-order valence-corrected chi connectivity index (χ3v) is 5.92. The van der Waals surface area contributed by atoms with Crippen molar-refractivity contribution in [1.82, 2.24) is 9.99 Å². The molecule has 11 nitrogen and oxygen atoms in total. The smallest absolute Gasteiger partial charge is 0.406 e. The Morgan fingerprint density at radius 3 is 3.07 bits per heavy atom. The van der Waals surface area contributed by atoms with Crippen molar-refractivity contribution in [1.29, 1.82) is 0 Å². The SMILES string of the molecule is C=C1N=C(N)C=CN1[C@@H]1OC2COP(=O)(N[C@@H](C)C(=O)OCC)O[C@H]2[C@@H]1O. The number of amidine groups is 1. The van der Waals surface area contributed by atoms with Crippen LogP contribution < -0.4 is 10.8 Å². The maximum atomic E-state index is 12.8. The number of ether oxygens (including phenoxy) is 2. The van der Waals surface area contributed by atoms with Crippen LogP contribution in [0.25, 0.3) is 0 Å². The predicted octanol–water partition coefficient (Wildman–Crippen LogP) is -0.205. The molecule has 0 saturated carbocycles. The molecule has 3 rings (SSSR count). The van der Waals surface area contributed by atoms with E-state index in [1.54, 1.807) is 13.1 Å². The number of fused-ring (bicyclic) bond motifs is 1. The van der Waals surface area contributed by atoms with Crippen molar-refractivity contribution < 1.29 is 33.0 Å². The first-order valence-electron chi connectivity index (χ1n) is 8.44. The average molecular weight is 402 g/mol. The zero-order valence-electron chi connectivity index (χ0n) is 15.0. The molecular formula is C15H23N4O7P.